The number of halogens is 1. The van der Waals surface area contributed by atoms with E-state index in [9.17, 15) is 8.42 Å². The Kier molecular flexibility index (Phi) is 7.56. The van der Waals surface area contributed by atoms with Gasteiger partial charge < -0.3 is 5.32 Å². The van der Waals surface area contributed by atoms with Crippen LogP contribution in [0.15, 0.2) is 24.3 Å². The first-order chi connectivity index (χ1) is 9.44. The molecule has 1 aromatic rings. The summed E-state index contributed by atoms with van der Waals surface area (Å²) in [4.78, 5) is 0. The van der Waals surface area contributed by atoms with Crippen LogP contribution in [0.3, 0.4) is 0 Å². The zero-order chi connectivity index (χ0) is 15.0. The van der Waals surface area contributed by atoms with Crippen LogP contribution in [0.4, 0.5) is 0 Å². The van der Waals surface area contributed by atoms with E-state index in [0.717, 1.165) is 19.4 Å². The van der Waals surface area contributed by atoms with Gasteiger partial charge in [-0.2, -0.15) is 0 Å². The summed E-state index contributed by atoms with van der Waals surface area (Å²) < 4.78 is 24.1. The fourth-order valence-electron chi connectivity index (χ4n) is 2.15. The zero-order valence-electron chi connectivity index (χ0n) is 12.2. The van der Waals surface area contributed by atoms with Gasteiger partial charge in [0.2, 0.25) is 0 Å². The third-order valence-corrected chi connectivity index (χ3v) is 5.26. The Bertz CT molecular complexity index is 502. The van der Waals surface area contributed by atoms with Crippen LogP contribution in [-0.4, -0.2) is 26.8 Å². The highest BCUT2D eigenvalue weighted by molar-refractivity contribution is 7.90. The normalized spacial score (nSPS) is 13.3. The van der Waals surface area contributed by atoms with Crippen molar-refractivity contribution < 1.29 is 8.42 Å². The molecule has 0 amide bonds. The lowest BCUT2D eigenvalue weighted by Crippen LogP contribution is -2.25. The quantitative estimate of drug-likeness (QED) is 0.710. The predicted molar refractivity (Wildman–Crippen MR) is 85.9 cm³/mol. The first kappa shape index (κ1) is 17.5. The molecule has 20 heavy (non-hydrogen) atoms. The number of benzene rings is 1. The van der Waals surface area contributed by atoms with Crippen molar-refractivity contribution in [1.29, 1.82) is 0 Å². The molecular formula is C15H24ClNO2S. The predicted octanol–water partition coefficient (Wildman–Crippen LogP) is 3.42. The van der Waals surface area contributed by atoms with Crippen molar-refractivity contribution in [3.05, 3.63) is 34.9 Å². The molecule has 1 atom stereocenters. The van der Waals surface area contributed by atoms with Crippen molar-refractivity contribution in [3.8, 4) is 0 Å². The molecule has 0 aliphatic heterocycles. The summed E-state index contributed by atoms with van der Waals surface area (Å²) in [5.41, 5.74) is 0.690. The highest BCUT2D eigenvalue weighted by Crippen LogP contribution is 2.18. The monoisotopic (exact) mass is 317 g/mol. The van der Waals surface area contributed by atoms with E-state index in [4.69, 9.17) is 11.6 Å². The lowest BCUT2D eigenvalue weighted by molar-refractivity contribution is 0.507. The van der Waals surface area contributed by atoms with E-state index in [1.165, 1.54) is 0 Å². The van der Waals surface area contributed by atoms with Crippen molar-refractivity contribution in [2.24, 2.45) is 0 Å². The van der Waals surface area contributed by atoms with Gasteiger partial charge in [-0.1, -0.05) is 43.1 Å². The second kappa shape index (κ2) is 8.65. The van der Waals surface area contributed by atoms with Crippen LogP contribution >= 0.6 is 11.6 Å². The Balaban J connectivity index is 2.37. The minimum Gasteiger partial charge on any atom is -0.315 e. The highest BCUT2D eigenvalue weighted by Gasteiger charge is 2.13. The van der Waals surface area contributed by atoms with Gasteiger partial charge in [-0.3, -0.25) is 0 Å². The smallest absolute Gasteiger partial charge is 0.154 e. The van der Waals surface area contributed by atoms with Crippen LogP contribution < -0.4 is 5.32 Å². The Morgan fingerprint density at radius 1 is 1.25 bits per heavy atom. The minimum absolute atomic E-state index is 0.0371. The van der Waals surface area contributed by atoms with E-state index >= 15 is 0 Å². The van der Waals surface area contributed by atoms with E-state index < -0.39 is 9.84 Å². The molecule has 1 aromatic carbocycles. The molecule has 0 fully saturated rings. The van der Waals surface area contributed by atoms with Crippen LogP contribution in [0.25, 0.3) is 0 Å². The molecule has 0 aliphatic carbocycles. The Labute approximate surface area is 127 Å². The minimum atomic E-state index is -3.07. The molecule has 0 saturated heterocycles. The third kappa shape index (κ3) is 6.73. The van der Waals surface area contributed by atoms with E-state index in [1.54, 1.807) is 18.2 Å². The van der Waals surface area contributed by atoms with Gasteiger partial charge in [0.15, 0.2) is 9.84 Å². The fourth-order valence-corrected chi connectivity index (χ4v) is 3.94. The topological polar surface area (TPSA) is 46.2 Å². The van der Waals surface area contributed by atoms with E-state index in [0.29, 0.717) is 23.0 Å². The Morgan fingerprint density at radius 2 is 1.95 bits per heavy atom. The molecule has 0 saturated carbocycles. The van der Waals surface area contributed by atoms with Crippen LogP contribution in [-0.2, 0) is 15.6 Å². The lowest BCUT2D eigenvalue weighted by Gasteiger charge is -2.11. The second-order valence-corrected chi connectivity index (χ2v) is 7.73. The molecule has 5 heteroatoms. The summed E-state index contributed by atoms with van der Waals surface area (Å²) in [6.45, 7) is 5.15. The van der Waals surface area contributed by atoms with Crippen LogP contribution in [0.1, 0.15) is 38.7 Å². The van der Waals surface area contributed by atoms with Crippen molar-refractivity contribution >= 4 is 21.4 Å². The summed E-state index contributed by atoms with van der Waals surface area (Å²) in [7, 11) is -3.07. The van der Waals surface area contributed by atoms with Crippen LogP contribution in [0.2, 0.25) is 5.02 Å². The van der Waals surface area contributed by atoms with Gasteiger partial charge in [-0.25, -0.2) is 8.42 Å². The highest BCUT2D eigenvalue weighted by atomic mass is 35.5. The average Bonchev–Trinajstić information content (AvgIpc) is 2.38. The average molecular weight is 318 g/mol. The molecular weight excluding hydrogens is 294 g/mol. The number of nitrogens with one attached hydrogen (secondary N) is 1. The van der Waals surface area contributed by atoms with E-state index in [1.807, 2.05) is 6.07 Å². The summed E-state index contributed by atoms with van der Waals surface area (Å²) in [6, 6.07) is 7.57. The summed E-state index contributed by atoms with van der Waals surface area (Å²) >= 11 is 6.00. The summed E-state index contributed by atoms with van der Waals surface area (Å²) in [6.07, 6.45) is 2.65. The Hall–Kier alpha value is -0.580. The van der Waals surface area contributed by atoms with E-state index in [-0.39, 0.29) is 11.5 Å². The SMILES string of the molecule is CCNC(C)CCCCS(=O)(=O)Cc1ccccc1Cl. The lowest BCUT2D eigenvalue weighted by atomic mass is 10.1. The van der Waals surface area contributed by atoms with Gasteiger partial charge in [-0.05, 0) is 37.9 Å². The molecule has 0 heterocycles. The molecule has 0 bridgehead atoms. The maximum absolute atomic E-state index is 12.0. The number of unbranched alkanes of at least 4 members (excludes halogenated alkanes) is 1. The first-order valence-electron chi connectivity index (χ1n) is 7.12. The van der Waals surface area contributed by atoms with Crippen molar-refractivity contribution in [2.45, 2.75) is 44.9 Å². The van der Waals surface area contributed by atoms with Crippen LogP contribution in [0, 0.1) is 0 Å². The maximum atomic E-state index is 12.0. The number of sulfone groups is 1. The van der Waals surface area contributed by atoms with Gasteiger partial charge in [0.25, 0.3) is 0 Å². The third-order valence-electron chi connectivity index (χ3n) is 3.23. The summed E-state index contributed by atoms with van der Waals surface area (Å²) in [5, 5.41) is 3.85. The van der Waals surface area contributed by atoms with Gasteiger partial charge >= 0.3 is 0 Å². The largest absolute Gasteiger partial charge is 0.315 e. The van der Waals surface area contributed by atoms with Gasteiger partial charge in [-0.15, -0.1) is 0 Å². The van der Waals surface area contributed by atoms with Crippen LogP contribution in [0.5, 0.6) is 0 Å². The molecule has 0 aromatic heterocycles. The van der Waals surface area contributed by atoms with Gasteiger partial charge in [0.1, 0.15) is 0 Å². The maximum Gasteiger partial charge on any atom is 0.154 e. The number of hydrogen-bond donors (Lipinski definition) is 1. The Morgan fingerprint density at radius 3 is 2.60 bits per heavy atom. The van der Waals surface area contributed by atoms with Gasteiger partial charge in [0.05, 0.1) is 11.5 Å². The van der Waals surface area contributed by atoms with Crippen molar-refractivity contribution in [1.82, 2.24) is 5.32 Å². The van der Waals surface area contributed by atoms with E-state index in [2.05, 4.69) is 19.2 Å². The first-order valence-corrected chi connectivity index (χ1v) is 9.31. The molecule has 0 aliphatic rings. The van der Waals surface area contributed by atoms with Crippen molar-refractivity contribution in [2.75, 3.05) is 12.3 Å². The number of hydrogen-bond acceptors (Lipinski definition) is 3. The molecule has 114 valence electrons. The molecule has 1 unspecified atom stereocenters. The summed E-state index contributed by atoms with van der Waals surface area (Å²) in [5.74, 6) is 0.270. The van der Waals surface area contributed by atoms with Gasteiger partial charge in [0, 0.05) is 11.1 Å². The standard InChI is InChI=1S/C15H24ClNO2S/c1-3-17-13(2)8-6-7-11-20(18,19)12-14-9-4-5-10-15(14)16/h4-5,9-10,13,17H,3,6-8,11-12H2,1-2H3. The van der Waals surface area contributed by atoms with Crippen molar-refractivity contribution in [3.63, 3.8) is 0 Å². The molecule has 3 nitrogen and oxygen atoms in total. The fraction of sp³-hybridized carbons (Fsp3) is 0.600. The zero-order valence-corrected chi connectivity index (χ0v) is 13.8. The molecule has 1 N–H and O–H groups in total. The second-order valence-electron chi connectivity index (χ2n) is 5.14. The molecule has 0 spiro atoms. The molecule has 1 rings (SSSR count). The molecule has 0 radical (unpaired) electrons. The number of rotatable bonds is 9.